The second-order valence-electron chi connectivity index (χ2n) is 7.54. The van der Waals surface area contributed by atoms with Crippen LogP contribution in [-0.4, -0.2) is 62.7 Å². The van der Waals surface area contributed by atoms with Crippen LogP contribution in [0.4, 0.5) is 0 Å². The van der Waals surface area contributed by atoms with Gasteiger partial charge in [0.1, 0.15) is 0 Å². The van der Waals surface area contributed by atoms with E-state index in [0.29, 0.717) is 18.3 Å². The summed E-state index contributed by atoms with van der Waals surface area (Å²) in [6, 6.07) is 12.5. The lowest BCUT2D eigenvalue weighted by Crippen LogP contribution is -2.30. The van der Waals surface area contributed by atoms with Crippen LogP contribution in [-0.2, 0) is 6.42 Å². The zero-order valence-corrected chi connectivity index (χ0v) is 16.7. The van der Waals surface area contributed by atoms with Gasteiger partial charge >= 0.3 is 0 Å². The van der Waals surface area contributed by atoms with Gasteiger partial charge in [-0.1, -0.05) is 35.5 Å². The number of aryl methyl sites for hydroxylation is 1. The summed E-state index contributed by atoms with van der Waals surface area (Å²) < 4.78 is 1.84. The van der Waals surface area contributed by atoms with Gasteiger partial charge in [0.05, 0.1) is 17.9 Å². The maximum absolute atomic E-state index is 12.6. The van der Waals surface area contributed by atoms with Crippen molar-refractivity contribution < 1.29 is 4.79 Å². The van der Waals surface area contributed by atoms with Gasteiger partial charge in [0.2, 0.25) is 0 Å². The zero-order valence-electron chi connectivity index (χ0n) is 16.7. The van der Waals surface area contributed by atoms with Gasteiger partial charge in [0.25, 0.3) is 5.91 Å². The fourth-order valence-corrected chi connectivity index (χ4v) is 3.67. The minimum Gasteiger partial charge on any atom is -0.340 e. The summed E-state index contributed by atoms with van der Waals surface area (Å²) >= 11 is 0. The Morgan fingerprint density at radius 1 is 1.24 bits per heavy atom. The number of benzene rings is 1. The van der Waals surface area contributed by atoms with Crippen LogP contribution in [0.3, 0.4) is 0 Å². The van der Waals surface area contributed by atoms with Gasteiger partial charge in [-0.05, 0) is 44.8 Å². The number of rotatable bonds is 7. The second kappa shape index (κ2) is 9.00. The number of carbonyl (C=O) groups excluding carboxylic acids is 1. The Hall–Kier alpha value is -3.00. The Morgan fingerprint density at radius 3 is 2.83 bits per heavy atom. The van der Waals surface area contributed by atoms with Crippen molar-refractivity contribution in [3.63, 3.8) is 0 Å². The third kappa shape index (κ3) is 4.71. The lowest BCUT2D eigenvalue weighted by atomic mass is 10.1. The second-order valence-corrected chi connectivity index (χ2v) is 7.54. The molecule has 0 unspecified atom stereocenters. The summed E-state index contributed by atoms with van der Waals surface area (Å²) in [7, 11) is 1.81. The third-order valence-corrected chi connectivity index (χ3v) is 5.40. The Morgan fingerprint density at radius 2 is 2.03 bits per heavy atom. The predicted molar refractivity (Wildman–Crippen MR) is 110 cm³/mol. The number of nitrogens with one attached hydrogen (secondary N) is 2. The number of piperidine rings is 1. The van der Waals surface area contributed by atoms with Crippen molar-refractivity contribution in [3.8, 4) is 11.3 Å². The molecule has 1 saturated heterocycles. The monoisotopic (exact) mass is 393 g/mol. The molecular formula is C21H27N7O. The summed E-state index contributed by atoms with van der Waals surface area (Å²) in [6.45, 7) is 2.61. The van der Waals surface area contributed by atoms with Crippen molar-refractivity contribution in [2.45, 2.75) is 31.7 Å². The van der Waals surface area contributed by atoms with Crippen molar-refractivity contribution in [3.05, 3.63) is 54.0 Å². The number of nitrogens with zero attached hydrogens (tertiary/aromatic N) is 5. The number of hydrogen-bond donors (Lipinski definition) is 2. The minimum atomic E-state index is -0.0835. The van der Waals surface area contributed by atoms with Crippen LogP contribution in [0.5, 0.6) is 0 Å². The largest absolute Gasteiger partial charge is 0.340 e. The molecule has 3 heterocycles. The molecule has 0 spiro atoms. The fourth-order valence-electron chi connectivity index (χ4n) is 3.67. The normalized spacial score (nSPS) is 14.8. The summed E-state index contributed by atoms with van der Waals surface area (Å²) in [5.74, 6) is -0.0835. The van der Waals surface area contributed by atoms with E-state index in [0.717, 1.165) is 55.7 Å². The predicted octanol–water partition coefficient (Wildman–Crippen LogP) is 2.30. The maximum atomic E-state index is 12.6. The van der Waals surface area contributed by atoms with Crippen molar-refractivity contribution in [1.29, 1.82) is 0 Å². The number of amides is 1. The van der Waals surface area contributed by atoms with E-state index >= 15 is 0 Å². The number of aromatic amines is 1. The summed E-state index contributed by atoms with van der Waals surface area (Å²) in [5, 5.41) is 19.1. The molecule has 0 atom stereocenters. The van der Waals surface area contributed by atoms with Gasteiger partial charge in [0, 0.05) is 24.8 Å². The summed E-state index contributed by atoms with van der Waals surface area (Å²) in [5.41, 5.74) is 3.53. The van der Waals surface area contributed by atoms with Crippen molar-refractivity contribution in [1.82, 2.24) is 35.4 Å². The van der Waals surface area contributed by atoms with Crippen LogP contribution in [0.2, 0.25) is 0 Å². The number of H-pyrrole nitrogens is 1. The Labute approximate surface area is 170 Å². The standard InChI is InChI=1S/C21H27N7O/c1-27(21(29)20-15-28(26-25-20)18-9-11-22-12-10-18)13-5-8-17-14-19(24-23-17)16-6-3-2-4-7-16/h2-4,6-7,14-15,18,22H,5,8-13H2,1H3,(H,23,24). The van der Waals surface area contributed by atoms with Crippen LogP contribution in [0, 0.1) is 0 Å². The number of carbonyl (C=O) groups is 1. The number of aromatic nitrogens is 5. The van der Waals surface area contributed by atoms with E-state index in [-0.39, 0.29) is 5.91 Å². The molecular weight excluding hydrogens is 366 g/mol. The van der Waals surface area contributed by atoms with E-state index in [4.69, 9.17) is 0 Å². The molecule has 0 saturated carbocycles. The van der Waals surface area contributed by atoms with E-state index < -0.39 is 0 Å². The molecule has 0 bridgehead atoms. The molecule has 1 fully saturated rings. The molecule has 2 N–H and O–H groups in total. The van der Waals surface area contributed by atoms with Gasteiger partial charge in [-0.15, -0.1) is 5.10 Å². The Kier molecular flexibility index (Phi) is 6.00. The third-order valence-electron chi connectivity index (χ3n) is 5.40. The van der Waals surface area contributed by atoms with Crippen LogP contribution in [0.15, 0.2) is 42.6 Å². The van der Waals surface area contributed by atoms with Gasteiger partial charge in [0.15, 0.2) is 5.69 Å². The maximum Gasteiger partial charge on any atom is 0.275 e. The molecule has 1 aliphatic rings. The van der Waals surface area contributed by atoms with Crippen molar-refractivity contribution in [2.75, 3.05) is 26.7 Å². The molecule has 1 aromatic carbocycles. The molecule has 8 heteroatoms. The molecule has 2 aromatic heterocycles. The van der Waals surface area contributed by atoms with E-state index in [1.165, 1.54) is 0 Å². The molecule has 8 nitrogen and oxygen atoms in total. The van der Waals surface area contributed by atoms with Crippen molar-refractivity contribution in [2.24, 2.45) is 0 Å². The smallest absolute Gasteiger partial charge is 0.275 e. The lowest BCUT2D eigenvalue weighted by molar-refractivity contribution is 0.0787. The molecule has 1 aliphatic heterocycles. The summed E-state index contributed by atoms with van der Waals surface area (Å²) in [6.07, 6.45) is 5.50. The highest BCUT2D eigenvalue weighted by molar-refractivity contribution is 5.91. The minimum absolute atomic E-state index is 0.0835. The first-order valence-electron chi connectivity index (χ1n) is 10.2. The molecule has 4 rings (SSSR count). The average molecular weight is 393 g/mol. The lowest BCUT2D eigenvalue weighted by Gasteiger charge is -2.22. The quantitative estimate of drug-likeness (QED) is 0.643. The van der Waals surface area contributed by atoms with E-state index in [1.54, 1.807) is 11.1 Å². The molecule has 152 valence electrons. The van der Waals surface area contributed by atoms with E-state index in [9.17, 15) is 4.79 Å². The SMILES string of the molecule is CN(CCCc1cc(-c2ccccc2)n[nH]1)C(=O)c1cn(C2CCNCC2)nn1. The van der Waals surface area contributed by atoms with Gasteiger partial charge in [-0.25, -0.2) is 4.68 Å². The van der Waals surface area contributed by atoms with Crippen molar-refractivity contribution >= 4 is 5.91 Å². The van der Waals surface area contributed by atoms with E-state index in [1.807, 2.05) is 42.1 Å². The zero-order chi connectivity index (χ0) is 20.1. The first kappa shape index (κ1) is 19.3. The Bertz CT molecular complexity index is 927. The molecule has 29 heavy (non-hydrogen) atoms. The highest BCUT2D eigenvalue weighted by Gasteiger charge is 2.20. The molecule has 0 radical (unpaired) electrons. The molecule has 3 aromatic rings. The first-order chi connectivity index (χ1) is 14.2. The first-order valence-corrected chi connectivity index (χ1v) is 10.2. The highest BCUT2D eigenvalue weighted by atomic mass is 16.2. The molecule has 0 aliphatic carbocycles. The fraction of sp³-hybridized carbons (Fsp3) is 0.429. The van der Waals surface area contributed by atoms with Crippen LogP contribution in [0.1, 0.15) is 41.5 Å². The highest BCUT2D eigenvalue weighted by Crippen LogP contribution is 2.18. The van der Waals surface area contributed by atoms with Crippen LogP contribution >= 0.6 is 0 Å². The van der Waals surface area contributed by atoms with Crippen LogP contribution in [0.25, 0.3) is 11.3 Å². The summed E-state index contributed by atoms with van der Waals surface area (Å²) in [4.78, 5) is 14.4. The van der Waals surface area contributed by atoms with Crippen LogP contribution < -0.4 is 5.32 Å². The average Bonchev–Trinajstić information content (AvgIpc) is 3.45. The number of hydrogen-bond acceptors (Lipinski definition) is 5. The van der Waals surface area contributed by atoms with Gasteiger partial charge < -0.3 is 10.2 Å². The van der Waals surface area contributed by atoms with Gasteiger partial charge in [-0.2, -0.15) is 5.10 Å². The molecule has 1 amide bonds. The van der Waals surface area contributed by atoms with Gasteiger partial charge in [-0.3, -0.25) is 9.89 Å². The Balaban J connectivity index is 1.27. The topological polar surface area (TPSA) is 91.7 Å². The van der Waals surface area contributed by atoms with E-state index in [2.05, 4.69) is 31.9 Å².